The highest BCUT2D eigenvalue weighted by atomic mass is 19.1. The predicted molar refractivity (Wildman–Crippen MR) is 84.1 cm³/mol. The van der Waals surface area contributed by atoms with Crippen molar-refractivity contribution in [3.8, 4) is 0 Å². The zero-order valence-corrected chi connectivity index (χ0v) is 13.6. The number of rotatable bonds is 3. The van der Waals surface area contributed by atoms with E-state index in [2.05, 4.69) is 5.32 Å². The smallest absolute Gasteiger partial charge is 0.410 e. The molecule has 0 atom stereocenters. The Hall–Kier alpha value is -1.62. The van der Waals surface area contributed by atoms with Crippen molar-refractivity contribution in [2.75, 3.05) is 13.1 Å². The third-order valence-corrected chi connectivity index (χ3v) is 3.69. The summed E-state index contributed by atoms with van der Waals surface area (Å²) in [5.41, 5.74) is 0.217. The molecule has 1 heterocycles. The Bertz CT molecular complexity index is 506. The van der Waals surface area contributed by atoms with Crippen molar-refractivity contribution in [3.05, 3.63) is 35.6 Å². The van der Waals surface area contributed by atoms with Gasteiger partial charge in [0.05, 0.1) is 0 Å². The summed E-state index contributed by atoms with van der Waals surface area (Å²) >= 11 is 0. The lowest BCUT2D eigenvalue weighted by Gasteiger charge is -2.33. The van der Waals surface area contributed by atoms with Crippen LogP contribution in [0.1, 0.15) is 39.2 Å². The highest BCUT2D eigenvalue weighted by Crippen LogP contribution is 2.16. The van der Waals surface area contributed by atoms with Crippen LogP contribution in [0.2, 0.25) is 0 Å². The molecule has 5 heteroatoms. The second kappa shape index (κ2) is 7.09. The number of nitrogens with one attached hydrogen (secondary N) is 1. The van der Waals surface area contributed by atoms with Gasteiger partial charge in [-0.3, -0.25) is 0 Å². The predicted octanol–water partition coefficient (Wildman–Crippen LogP) is 3.31. The lowest BCUT2D eigenvalue weighted by atomic mass is 10.0. The van der Waals surface area contributed by atoms with Gasteiger partial charge in [0, 0.05) is 31.2 Å². The van der Waals surface area contributed by atoms with Crippen molar-refractivity contribution in [2.45, 2.75) is 51.8 Å². The standard InChI is InChI=1S/C17H25FN2O2/c1-17(2,3)22-16(21)20-10-8-14(9-11-20)19-12-13-6-4-5-7-15(13)18/h4-7,14,19H,8-12H2,1-3H3. The molecule has 2 rings (SSSR count). The topological polar surface area (TPSA) is 41.6 Å². The van der Waals surface area contributed by atoms with Crippen LogP contribution in [0.3, 0.4) is 0 Å². The number of amides is 1. The molecule has 1 aliphatic heterocycles. The van der Waals surface area contributed by atoms with Gasteiger partial charge in [0.25, 0.3) is 0 Å². The van der Waals surface area contributed by atoms with E-state index in [1.165, 1.54) is 6.07 Å². The van der Waals surface area contributed by atoms with Crippen molar-refractivity contribution < 1.29 is 13.9 Å². The number of likely N-dealkylation sites (tertiary alicyclic amines) is 1. The van der Waals surface area contributed by atoms with Gasteiger partial charge in [0.15, 0.2) is 0 Å². The Morgan fingerprint density at radius 3 is 2.55 bits per heavy atom. The monoisotopic (exact) mass is 308 g/mol. The number of carbonyl (C=O) groups is 1. The number of benzene rings is 1. The summed E-state index contributed by atoms with van der Waals surface area (Å²) in [6.45, 7) is 7.46. The van der Waals surface area contributed by atoms with Gasteiger partial charge in [-0.2, -0.15) is 0 Å². The van der Waals surface area contributed by atoms with Gasteiger partial charge in [-0.15, -0.1) is 0 Å². The maximum absolute atomic E-state index is 13.6. The third-order valence-electron chi connectivity index (χ3n) is 3.69. The molecule has 122 valence electrons. The molecule has 0 bridgehead atoms. The molecule has 1 amide bonds. The van der Waals surface area contributed by atoms with Crippen molar-refractivity contribution in [1.29, 1.82) is 0 Å². The Morgan fingerprint density at radius 1 is 1.32 bits per heavy atom. The third kappa shape index (κ3) is 4.98. The molecule has 1 aromatic carbocycles. The van der Waals surface area contributed by atoms with E-state index < -0.39 is 5.60 Å². The van der Waals surface area contributed by atoms with Crippen molar-refractivity contribution in [1.82, 2.24) is 10.2 Å². The fraction of sp³-hybridized carbons (Fsp3) is 0.588. The van der Waals surface area contributed by atoms with Gasteiger partial charge in [-0.25, -0.2) is 9.18 Å². The van der Waals surface area contributed by atoms with E-state index in [0.29, 0.717) is 31.2 Å². The molecule has 4 nitrogen and oxygen atoms in total. The molecule has 0 saturated carbocycles. The summed E-state index contributed by atoms with van der Waals surface area (Å²) in [5, 5.41) is 3.37. The molecule has 1 aliphatic rings. The summed E-state index contributed by atoms with van der Waals surface area (Å²) in [7, 11) is 0. The van der Waals surface area contributed by atoms with E-state index in [1.807, 2.05) is 26.8 Å². The van der Waals surface area contributed by atoms with E-state index in [0.717, 1.165) is 12.8 Å². The van der Waals surface area contributed by atoms with Gasteiger partial charge >= 0.3 is 6.09 Å². The van der Waals surface area contributed by atoms with Crippen LogP contribution < -0.4 is 5.32 Å². The molecule has 1 saturated heterocycles. The molecule has 0 spiro atoms. The van der Waals surface area contributed by atoms with Crippen molar-refractivity contribution in [3.63, 3.8) is 0 Å². The lowest BCUT2D eigenvalue weighted by Crippen LogP contribution is -2.46. The number of nitrogens with zero attached hydrogens (tertiary/aromatic N) is 1. The van der Waals surface area contributed by atoms with Gasteiger partial charge in [-0.1, -0.05) is 18.2 Å². The number of carbonyl (C=O) groups excluding carboxylic acids is 1. The molecule has 0 unspecified atom stereocenters. The number of hydrogen-bond donors (Lipinski definition) is 1. The second-order valence-electron chi connectivity index (χ2n) is 6.71. The highest BCUT2D eigenvalue weighted by Gasteiger charge is 2.26. The quantitative estimate of drug-likeness (QED) is 0.931. The summed E-state index contributed by atoms with van der Waals surface area (Å²) in [4.78, 5) is 13.7. The fourth-order valence-electron chi connectivity index (χ4n) is 2.49. The molecule has 0 aromatic heterocycles. The Balaban J connectivity index is 1.76. The lowest BCUT2D eigenvalue weighted by molar-refractivity contribution is 0.0198. The minimum absolute atomic E-state index is 0.179. The average molecular weight is 308 g/mol. The highest BCUT2D eigenvalue weighted by molar-refractivity contribution is 5.68. The summed E-state index contributed by atoms with van der Waals surface area (Å²) in [6.07, 6.45) is 1.46. The fourth-order valence-corrected chi connectivity index (χ4v) is 2.49. The van der Waals surface area contributed by atoms with Crippen molar-refractivity contribution >= 4 is 6.09 Å². The zero-order chi connectivity index (χ0) is 16.2. The van der Waals surface area contributed by atoms with Gasteiger partial charge in [-0.05, 0) is 39.7 Å². The van der Waals surface area contributed by atoms with Crippen LogP contribution in [0.5, 0.6) is 0 Å². The van der Waals surface area contributed by atoms with E-state index >= 15 is 0 Å². The first-order valence-corrected chi connectivity index (χ1v) is 7.80. The van der Waals surface area contributed by atoms with E-state index in [-0.39, 0.29) is 11.9 Å². The van der Waals surface area contributed by atoms with Gasteiger partial charge in [0.1, 0.15) is 11.4 Å². The number of hydrogen-bond acceptors (Lipinski definition) is 3. The summed E-state index contributed by atoms with van der Waals surface area (Å²) < 4.78 is 18.9. The molecule has 22 heavy (non-hydrogen) atoms. The van der Waals surface area contributed by atoms with E-state index in [9.17, 15) is 9.18 Å². The first-order chi connectivity index (χ1) is 10.3. The molecule has 1 fully saturated rings. The van der Waals surface area contributed by atoms with Gasteiger partial charge < -0.3 is 15.0 Å². The normalized spacial score (nSPS) is 16.6. The second-order valence-corrected chi connectivity index (χ2v) is 6.71. The van der Waals surface area contributed by atoms with E-state index in [1.54, 1.807) is 17.0 Å². The molecule has 0 aliphatic carbocycles. The Kier molecular flexibility index (Phi) is 5.40. The van der Waals surface area contributed by atoms with Crippen LogP contribution >= 0.6 is 0 Å². The Labute approximate surface area is 131 Å². The maximum Gasteiger partial charge on any atom is 0.410 e. The molecule has 0 radical (unpaired) electrons. The number of piperidine rings is 1. The minimum atomic E-state index is -0.461. The summed E-state index contributed by atoms with van der Waals surface area (Å²) in [6, 6.07) is 7.10. The van der Waals surface area contributed by atoms with Crippen LogP contribution in [0.15, 0.2) is 24.3 Å². The number of ether oxygens (including phenoxy) is 1. The molecule has 1 N–H and O–H groups in total. The summed E-state index contributed by atoms with van der Waals surface area (Å²) in [5.74, 6) is -0.179. The van der Waals surface area contributed by atoms with E-state index in [4.69, 9.17) is 4.74 Å². The van der Waals surface area contributed by atoms with Crippen LogP contribution in [-0.2, 0) is 11.3 Å². The van der Waals surface area contributed by atoms with Crippen LogP contribution in [0, 0.1) is 5.82 Å². The van der Waals surface area contributed by atoms with Crippen molar-refractivity contribution in [2.24, 2.45) is 0 Å². The minimum Gasteiger partial charge on any atom is -0.444 e. The van der Waals surface area contributed by atoms with Crippen LogP contribution in [0.4, 0.5) is 9.18 Å². The SMILES string of the molecule is CC(C)(C)OC(=O)N1CCC(NCc2ccccc2F)CC1. The van der Waals surface area contributed by atoms with Crippen LogP contribution in [-0.4, -0.2) is 35.7 Å². The largest absolute Gasteiger partial charge is 0.444 e. The molecular formula is C17H25FN2O2. The first kappa shape index (κ1) is 16.7. The van der Waals surface area contributed by atoms with Crippen LogP contribution in [0.25, 0.3) is 0 Å². The number of halogens is 1. The van der Waals surface area contributed by atoms with Gasteiger partial charge in [0.2, 0.25) is 0 Å². The average Bonchev–Trinajstić information content (AvgIpc) is 2.45. The first-order valence-electron chi connectivity index (χ1n) is 7.80. The maximum atomic E-state index is 13.6. The zero-order valence-electron chi connectivity index (χ0n) is 13.6. The Morgan fingerprint density at radius 2 is 1.95 bits per heavy atom. The molecule has 1 aromatic rings. The molecular weight excluding hydrogens is 283 g/mol.